The van der Waals surface area contributed by atoms with Crippen LogP contribution < -0.4 is 5.32 Å². The maximum atomic E-state index is 11.6. The van der Waals surface area contributed by atoms with Gasteiger partial charge in [0, 0.05) is 12.6 Å². The van der Waals surface area contributed by atoms with Gasteiger partial charge in [0.25, 0.3) is 0 Å². The Kier molecular flexibility index (Phi) is 4.45. The molecule has 0 aliphatic heterocycles. The number of aromatic nitrogens is 1. The molecule has 0 aliphatic rings. The molecule has 1 amide bonds. The lowest BCUT2D eigenvalue weighted by molar-refractivity contribution is 0.0635. The molecule has 1 rings (SSSR count). The zero-order chi connectivity index (χ0) is 13.9. The second-order valence-corrected chi connectivity index (χ2v) is 5.56. The fourth-order valence-electron chi connectivity index (χ4n) is 1.17. The lowest BCUT2D eigenvalue weighted by Gasteiger charge is -2.19. The van der Waals surface area contributed by atoms with Gasteiger partial charge in [0.2, 0.25) is 0 Å². The molecule has 6 heteroatoms. The minimum Gasteiger partial charge on any atom is -0.444 e. The molecule has 0 spiro atoms. The van der Waals surface area contributed by atoms with E-state index in [1.54, 1.807) is 26.8 Å². The fourth-order valence-corrected chi connectivity index (χ4v) is 1.61. The Morgan fingerprint density at radius 3 is 2.44 bits per heavy atom. The predicted octanol–water partition coefficient (Wildman–Crippen LogP) is 3.39. The van der Waals surface area contributed by atoms with Crippen LogP contribution in [0.3, 0.4) is 0 Å². The third-order valence-electron chi connectivity index (χ3n) is 1.80. The van der Waals surface area contributed by atoms with E-state index in [9.17, 15) is 9.59 Å². The molecule has 1 aromatic rings. The van der Waals surface area contributed by atoms with Crippen molar-refractivity contribution in [3.05, 3.63) is 22.4 Å². The molecule has 0 radical (unpaired) electrons. The summed E-state index contributed by atoms with van der Waals surface area (Å²) in [7, 11) is 0. The molecule has 0 aliphatic carbocycles. The van der Waals surface area contributed by atoms with Crippen LogP contribution in [0.25, 0.3) is 0 Å². The summed E-state index contributed by atoms with van der Waals surface area (Å²) in [6.07, 6.45) is -0.574. The first-order chi connectivity index (χ1) is 8.17. The summed E-state index contributed by atoms with van der Waals surface area (Å²) < 4.78 is 5.58. The number of nitrogens with zero attached hydrogens (tertiary/aromatic N) is 1. The number of rotatable bonds is 2. The van der Waals surface area contributed by atoms with Gasteiger partial charge < -0.3 is 4.74 Å². The highest BCUT2D eigenvalue weighted by molar-refractivity contribution is 9.10. The van der Waals surface area contributed by atoms with Crippen LogP contribution >= 0.6 is 15.9 Å². The van der Waals surface area contributed by atoms with Crippen molar-refractivity contribution in [3.63, 3.8) is 0 Å². The van der Waals surface area contributed by atoms with Crippen molar-refractivity contribution < 1.29 is 14.3 Å². The maximum Gasteiger partial charge on any atom is 0.412 e. The van der Waals surface area contributed by atoms with Crippen LogP contribution in [0.5, 0.6) is 0 Å². The molecule has 0 fully saturated rings. The van der Waals surface area contributed by atoms with E-state index >= 15 is 0 Å². The summed E-state index contributed by atoms with van der Waals surface area (Å²) in [5.74, 6) is -0.177. The average Bonchev–Trinajstić information content (AvgIpc) is 2.12. The van der Waals surface area contributed by atoms with Crippen molar-refractivity contribution in [2.75, 3.05) is 5.32 Å². The van der Waals surface area contributed by atoms with E-state index in [2.05, 4.69) is 26.2 Å². The van der Waals surface area contributed by atoms with Crippen LogP contribution in [0.15, 0.2) is 16.7 Å². The number of nitrogens with one attached hydrogen (secondary N) is 1. The van der Waals surface area contributed by atoms with Crippen LogP contribution in [-0.4, -0.2) is 22.5 Å². The van der Waals surface area contributed by atoms with E-state index in [4.69, 9.17) is 4.74 Å². The number of anilines is 1. The van der Waals surface area contributed by atoms with Gasteiger partial charge in [-0.2, -0.15) is 0 Å². The molecular weight excluding hydrogens is 300 g/mol. The molecule has 0 saturated heterocycles. The Balaban J connectivity index is 2.85. The quantitative estimate of drug-likeness (QED) is 0.671. The van der Waals surface area contributed by atoms with Crippen LogP contribution in [0.2, 0.25) is 0 Å². The Morgan fingerprint density at radius 1 is 1.33 bits per heavy atom. The van der Waals surface area contributed by atoms with E-state index in [0.717, 1.165) is 0 Å². The number of hydrogen-bond acceptors (Lipinski definition) is 4. The van der Waals surface area contributed by atoms with Gasteiger partial charge in [-0.1, -0.05) is 0 Å². The highest BCUT2D eigenvalue weighted by Crippen LogP contribution is 2.17. The van der Waals surface area contributed by atoms with Crippen molar-refractivity contribution in [2.45, 2.75) is 33.3 Å². The number of pyridine rings is 1. The van der Waals surface area contributed by atoms with E-state index in [1.165, 1.54) is 13.0 Å². The second kappa shape index (κ2) is 5.48. The zero-order valence-electron chi connectivity index (χ0n) is 10.7. The SMILES string of the molecule is CC(=O)c1cc(NC(=O)OC(C)(C)C)cc(Br)n1. The molecule has 1 heterocycles. The fraction of sp³-hybridized carbons (Fsp3) is 0.417. The zero-order valence-corrected chi connectivity index (χ0v) is 12.3. The maximum absolute atomic E-state index is 11.6. The molecule has 0 saturated carbocycles. The Labute approximate surface area is 114 Å². The minimum absolute atomic E-state index is 0.177. The largest absolute Gasteiger partial charge is 0.444 e. The monoisotopic (exact) mass is 314 g/mol. The van der Waals surface area contributed by atoms with Gasteiger partial charge in [-0.05, 0) is 48.8 Å². The molecule has 0 atom stereocenters. The third-order valence-corrected chi connectivity index (χ3v) is 2.21. The number of amides is 1. The minimum atomic E-state index is -0.574. The average molecular weight is 315 g/mol. The second-order valence-electron chi connectivity index (χ2n) is 4.75. The number of ketones is 1. The molecule has 5 nitrogen and oxygen atoms in total. The lowest BCUT2D eigenvalue weighted by atomic mass is 10.2. The molecule has 98 valence electrons. The van der Waals surface area contributed by atoms with Gasteiger partial charge in [-0.25, -0.2) is 9.78 Å². The van der Waals surface area contributed by atoms with Gasteiger partial charge >= 0.3 is 6.09 Å². The summed E-state index contributed by atoms with van der Waals surface area (Å²) in [6, 6.07) is 3.09. The number of ether oxygens (including phenoxy) is 1. The van der Waals surface area contributed by atoms with E-state index in [1.807, 2.05) is 0 Å². The van der Waals surface area contributed by atoms with Gasteiger partial charge in [0.05, 0.1) is 0 Å². The standard InChI is InChI=1S/C12H15BrN2O3/c1-7(16)9-5-8(6-10(13)15-9)14-11(17)18-12(2,3)4/h5-6H,1-4H3,(H,14,15,17). The Morgan fingerprint density at radius 2 is 1.94 bits per heavy atom. The van der Waals surface area contributed by atoms with Crippen LogP contribution in [0.4, 0.5) is 10.5 Å². The van der Waals surface area contributed by atoms with Crippen molar-refractivity contribution >= 4 is 33.5 Å². The van der Waals surface area contributed by atoms with Crippen LogP contribution in [0.1, 0.15) is 38.2 Å². The lowest BCUT2D eigenvalue weighted by Crippen LogP contribution is -2.27. The smallest absolute Gasteiger partial charge is 0.412 e. The van der Waals surface area contributed by atoms with E-state index in [-0.39, 0.29) is 11.5 Å². The van der Waals surface area contributed by atoms with Crippen LogP contribution in [-0.2, 0) is 4.74 Å². The van der Waals surface area contributed by atoms with E-state index < -0.39 is 11.7 Å². The number of Topliss-reactive ketones (excluding diaryl/α,β-unsaturated/α-hetero) is 1. The van der Waals surface area contributed by atoms with Crippen LogP contribution in [0, 0.1) is 0 Å². The summed E-state index contributed by atoms with van der Waals surface area (Å²) in [4.78, 5) is 26.8. The van der Waals surface area contributed by atoms with Gasteiger partial charge in [-0.15, -0.1) is 0 Å². The number of hydrogen-bond donors (Lipinski definition) is 1. The third kappa shape index (κ3) is 4.83. The van der Waals surface area contributed by atoms with Crippen molar-refractivity contribution in [2.24, 2.45) is 0 Å². The van der Waals surface area contributed by atoms with Gasteiger partial charge in [-0.3, -0.25) is 10.1 Å². The Hall–Kier alpha value is -1.43. The molecule has 0 aromatic carbocycles. The van der Waals surface area contributed by atoms with Gasteiger partial charge in [0.1, 0.15) is 15.9 Å². The van der Waals surface area contributed by atoms with Gasteiger partial charge in [0.15, 0.2) is 5.78 Å². The Bertz CT molecular complexity index is 481. The molecule has 1 N–H and O–H groups in total. The first-order valence-electron chi connectivity index (χ1n) is 5.36. The first-order valence-corrected chi connectivity index (χ1v) is 6.15. The molecule has 18 heavy (non-hydrogen) atoms. The molecule has 0 bridgehead atoms. The number of carbonyl (C=O) groups is 2. The summed E-state index contributed by atoms with van der Waals surface area (Å²) in [6.45, 7) is 6.73. The normalized spacial score (nSPS) is 10.9. The summed E-state index contributed by atoms with van der Waals surface area (Å²) in [5.41, 5.74) is 0.157. The number of carbonyl (C=O) groups excluding carboxylic acids is 2. The highest BCUT2D eigenvalue weighted by atomic mass is 79.9. The molecular formula is C12H15BrN2O3. The topological polar surface area (TPSA) is 68.3 Å². The summed E-state index contributed by atoms with van der Waals surface area (Å²) >= 11 is 3.18. The predicted molar refractivity (Wildman–Crippen MR) is 71.8 cm³/mol. The van der Waals surface area contributed by atoms with E-state index in [0.29, 0.717) is 10.3 Å². The highest BCUT2D eigenvalue weighted by Gasteiger charge is 2.16. The molecule has 1 aromatic heterocycles. The van der Waals surface area contributed by atoms with Crippen molar-refractivity contribution in [1.29, 1.82) is 0 Å². The van der Waals surface area contributed by atoms with Crippen molar-refractivity contribution in [3.8, 4) is 0 Å². The van der Waals surface area contributed by atoms with Crippen molar-refractivity contribution in [1.82, 2.24) is 4.98 Å². The first kappa shape index (κ1) is 14.6. The molecule has 0 unspecified atom stereocenters. The number of halogens is 1. The summed E-state index contributed by atoms with van der Waals surface area (Å²) in [5, 5.41) is 2.55.